The van der Waals surface area contributed by atoms with Crippen molar-refractivity contribution < 1.29 is 14.0 Å². The second kappa shape index (κ2) is 8.21. The molecule has 2 amide bonds. The maximum Gasteiger partial charge on any atom is 0.266 e. The van der Waals surface area contributed by atoms with Crippen LogP contribution in [0.25, 0.3) is 6.08 Å². The van der Waals surface area contributed by atoms with Crippen LogP contribution in [0.3, 0.4) is 0 Å². The first-order chi connectivity index (χ1) is 12.9. The fourth-order valence-electron chi connectivity index (χ4n) is 2.44. The normalized spacial score (nSPS) is 16.7. The Kier molecular flexibility index (Phi) is 5.94. The summed E-state index contributed by atoms with van der Waals surface area (Å²) in [6, 6.07) is 11.9. The summed E-state index contributed by atoms with van der Waals surface area (Å²) in [5, 5.41) is 3.27. The molecule has 0 aromatic heterocycles. The summed E-state index contributed by atoms with van der Waals surface area (Å²) in [6.45, 7) is 1.59. The Hall–Kier alpha value is -2.22. The molecule has 1 aliphatic rings. The van der Waals surface area contributed by atoms with Gasteiger partial charge in [0, 0.05) is 16.3 Å². The van der Waals surface area contributed by atoms with Crippen LogP contribution in [0.15, 0.2) is 53.4 Å². The molecule has 1 saturated heterocycles. The minimum Gasteiger partial charge on any atom is -0.324 e. The number of benzene rings is 2. The van der Waals surface area contributed by atoms with Crippen LogP contribution in [0.5, 0.6) is 0 Å². The third kappa shape index (κ3) is 4.37. The molecule has 2 aromatic carbocycles. The van der Waals surface area contributed by atoms with Crippen molar-refractivity contribution in [2.45, 2.75) is 13.0 Å². The molecule has 1 fully saturated rings. The molecule has 1 N–H and O–H groups in total. The first kappa shape index (κ1) is 19.5. The number of thioether (sulfide) groups is 1. The lowest BCUT2D eigenvalue weighted by atomic mass is 10.2. The molecular formula is C19H14ClFN2O2S2. The van der Waals surface area contributed by atoms with Crippen LogP contribution in [0.1, 0.15) is 12.5 Å². The zero-order valence-electron chi connectivity index (χ0n) is 14.1. The minimum absolute atomic E-state index is 0.251. The predicted octanol–water partition coefficient (Wildman–Crippen LogP) is 4.71. The number of carbonyl (C=O) groups is 2. The zero-order chi connectivity index (χ0) is 19.6. The van der Waals surface area contributed by atoms with Gasteiger partial charge in [-0.25, -0.2) is 4.39 Å². The molecule has 138 valence electrons. The van der Waals surface area contributed by atoms with Crippen molar-refractivity contribution >= 4 is 63.5 Å². The molecule has 1 heterocycles. The first-order valence-corrected chi connectivity index (χ1v) is 9.55. The monoisotopic (exact) mass is 420 g/mol. The molecule has 0 radical (unpaired) electrons. The molecular weight excluding hydrogens is 407 g/mol. The van der Waals surface area contributed by atoms with Gasteiger partial charge >= 0.3 is 0 Å². The number of thiocarbonyl (C=S) groups is 1. The average molecular weight is 421 g/mol. The number of nitrogens with zero attached hydrogens (tertiary/aromatic N) is 1. The van der Waals surface area contributed by atoms with Crippen molar-refractivity contribution in [1.29, 1.82) is 0 Å². The summed E-state index contributed by atoms with van der Waals surface area (Å²) in [5.41, 5.74) is 0.847. The molecule has 0 spiro atoms. The Morgan fingerprint density at radius 2 is 1.93 bits per heavy atom. The smallest absolute Gasteiger partial charge is 0.266 e. The van der Waals surface area contributed by atoms with Crippen molar-refractivity contribution in [3.63, 3.8) is 0 Å². The van der Waals surface area contributed by atoms with Crippen LogP contribution >= 0.6 is 35.6 Å². The van der Waals surface area contributed by atoms with Crippen LogP contribution in [0.2, 0.25) is 5.02 Å². The zero-order valence-corrected chi connectivity index (χ0v) is 16.5. The highest BCUT2D eigenvalue weighted by molar-refractivity contribution is 8.26. The maximum atomic E-state index is 13.8. The second-order valence-corrected chi connectivity index (χ2v) is 7.86. The topological polar surface area (TPSA) is 49.4 Å². The van der Waals surface area contributed by atoms with E-state index in [2.05, 4.69) is 5.32 Å². The third-order valence-electron chi connectivity index (χ3n) is 3.89. The van der Waals surface area contributed by atoms with Crippen molar-refractivity contribution in [2.24, 2.45) is 0 Å². The maximum absolute atomic E-state index is 13.8. The number of carbonyl (C=O) groups excluding carboxylic acids is 2. The molecule has 27 heavy (non-hydrogen) atoms. The van der Waals surface area contributed by atoms with Gasteiger partial charge < -0.3 is 5.32 Å². The molecule has 0 bridgehead atoms. The summed E-state index contributed by atoms with van der Waals surface area (Å²) in [4.78, 5) is 26.7. The van der Waals surface area contributed by atoms with E-state index in [0.717, 1.165) is 11.8 Å². The average Bonchev–Trinajstić information content (AvgIpc) is 2.92. The van der Waals surface area contributed by atoms with E-state index in [0.29, 0.717) is 10.7 Å². The van der Waals surface area contributed by atoms with Gasteiger partial charge in [-0.2, -0.15) is 0 Å². The lowest BCUT2D eigenvalue weighted by Crippen LogP contribution is -2.44. The van der Waals surface area contributed by atoms with Crippen molar-refractivity contribution in [1.82, 2.24) is 4.90 Å². The SMILES string of the molecule is CC(C(=O)Nc1ccc(Cl)cc1)N1C(=O)/C(=C/c2ccccc2F)SC1=S. The number of amides is 2. The van der Waals surface area contributed by atoms with Crippen molar-refractivity contribution in [2.75, 3.05) is 5.32 Å². The summed E-state index contributed by atoms with van der Waals surface area (Å²) in [7, 11) is 0. The fourth-order valence-corrected chi connectivity index (χ4v) is 3.98. The Bertz CT molecular complexity index is 947. The van der Waals surface area contributed by atoms with E-state index in [1.165, 1.54) is 17.0 Å². The van der Waals surface area contributed by atoms with Gasteiger partial charge in [-0.3, -0.25) is 14.5 Å². The Balaban J connectivity index is 1.77. The molecule has 8 heteroatoms. The van der Waals surface area contributed by atoms with Gasteiger partial charge in [0.25, 0.3) is 5.91 Å². The number of halogens is 2. The van der Waals surface area contributed by atoms with Crippen molar-refractivity contribution in [3.8, 4) is 0 Å². The number of anilines is 1. The largest absolute Gasteiger partial charge is 0.324 e. The Morgan fingerprint density at radius 1 is 1.26 bits per heavy atom. The minimum atomic E-state index is -0.820. The predicted molar refractivity (Wildman–Crippen MR) is 111 cm³/mol. The lowest BCUT2D eigenvalue weighted by molar-refractivity contribution is -0.129. The first-order valence-electron chi connectivity index (χ1n) is 7.95. The van der Waals surface area contributed by atoms with E-state index in [1.807, 2.05) is 0 Å². The van der Waals surface area contributed by atoms with Gasteiger partial charge in [0.05, 0.1) is 4.91 Å². The van der Waals surface area contributed by atoms with E-state index in [4.69, 9.17) is 23.8 Å². The fraction of sp³-hybridized carbons (Fsp3) is 0.105. The Labute approximate surface area is 170 Å². The molecule has 4 nitrogen and oxygen atoms in total. The van der Waals surface area contributed by atoms with Crippen LogP contribution in [0, 0.1) is 5.82 Å². The van der Waals surface area contributed by atoms with E-state index < -0.39 is 17.8 Å². The molecule has 0 aliphatic carbocycles. The molecule has 1 unspecified atom stereocenters. The summed E-state index contributed by atoms with van der Waals surface area (Å²) < 4.78 is 14.1. The highest BCUT2D eigenvalue weighted by Gasteiger charge is 2.38. The quantitative estimate of drug-likeness (QED) is 0.575. The van der Waals surface area contributed by atoms with Gasteiger partial charge in [-0.05, 0) is 43.3 Å². The molecule has 1 atom stereocenters. The van der Waals surface area contributed by atoms with E-state index in [-0.39, 0.29) is 20.7 Å². The highest BCUT2D eigenvalue weighted by Crippen LogP contribution is 2.34. The number of hydrogen-bond donors (Lipinski definition) is 1. The van der Waals surface area contributed by atoms with Gasteiger partial charge in [0.2, 0.25) is 5.91 Å². The van der Waals surface area contributed by atoms with E-state index in [1.54, 1.807) is 49.4 Å². The van der Waals surface area contributed by atoms with Crippen LogP contribution in [0.4, 0.5) is 10.1 Å². The van der Waals surface area contributed by atoms with Crippen molar-refractivity contribution in [3.05, 3.63) is 69.8 Å². The van der Waals surface area contributed by atoms with E-state index in [9.17, 15) is 14.0 Å². The van der Waals surface area contributed by atoms with E-state index >= 15 is 0 Å². The molecule has 3 rings (SSSR count). The number of nitrogens with one attached hydrogen (secondary N) is 1. The standard InChI is InChI=1S/C19H14ClFN2O2S2/c1-11(17(24)22-14-8-6-13(20)7-9-14)23-18(25)16(27-19(23)26)10-12-4-2-3-5-15(12)21/h2-11H,1H3,(H,22,24)/b16-10-. The van der Waals surface area contributed by atoms with Gasteiger partial charge in [-0.15, -0.1) is 0 Å². The third-order valence-corrected chi connectivity index (χ3v) is 5.48. The lowest BCUT2D eigenvalue weighted by Gasteiger charge is -2.22. The molecule has 0 saturated carbocycles. The summed E-state index contributed by atoms with van der Waals surface area (Å²) >= 11 is 12.1. The van der Waals surface area contributed by atoms with Gasteiger partial charge in [0.15, 0.2) is 0 Å². The van der Waals surface area contributed by atoms with Gasteiger partial charge in [0.1, 0.15) is 16.2 Å². The highest BCUT2D eigenvalue weighted by atomic mass is 35.5. The van der Waals surface area contributed by atoms with Crippen LogP contribution in [-0.4, -0.2) is 27.1 Å². The molecule has 2 aromatic rings. The van der Waals surface area contributed by atoms with Crippen LogP contribution in [-0.2, 0) is 9.59 Å². The molecule has 1 aliphatic heterocycles. The second-order valence-electron chi connectivity index (χ2n) is 5.75. The van der Waals surface area contributed by atoms with Crippen LogP contribution < -0.4 is 5.32 Å². The Morgan fingerprint density at radius 3 is 2.59 bits per heavy atom. The summed E-state index contributed by atoms with van der Waals surface area (Å²) in [6.07, 6.45) is 1.44. The number of hydrogen-bond acceptors (Lipinski definition) is 4. The number of rotatable bonds is 4. The van der Waals surface area contributed by atoms with Gasteiger partial charge in [-0.1, -0.05) is 53.8 Å². The summed E-state index contributed by atoms with van der Waals surface area (Å²) in [5.74, 6) is -1.25.